The fourth-order valence-electron chi connectivity index (χ4n) is 1.06. The molecule has 0 saturated heterocycles. The smallest absolute Gasteiger partial charge is 0.195 e. The molecule has 0 rings (SSSR count). The lowest BCUT2D eigenvalue weighted by Gasteiger charge is -2.31. The average Bonchev–Trinajstić information content (AvgIpc) is 2.32. The van der Waals surface area contributed by atoms with E-state index in [-0.39, 0.29) is 0 Å². The SMILES string of the molecule is C=CCOCC([CH]C)(OCC=C)OCC=C. The van der Waals surface area contributed by atoms with Crippen molar-refractivity contribution in [3.8, 4) is 0 Å². The topological polar surface area (TPSA) is 27.7 Å². The van der Waals surface area contributed by atoms with Crippen molar-refractivity contribution in [3.63, 3.8) is 0 Å². The average molecular weight is 225 g/mol. The van der Waals surface area contributed by atoms with Crippen LogP contribution in [0.25, 0.3) is 0 Å². The van der Waals surface area contributed by atoms with Gasteiger partial charge in [0.1, 0.15) is 6.61 Å². The summed E-state index contributed by atoms with van der Waals surface area (Å²) < 4.78 is 16.5. The van der Waals surface area contributed by atoms with Crippen LogP contribution in [0.3, 0.4) is 0 Å². The number of hydrogen-bond acceptors (Lipinski definition) is 3. The highest BCUT2D eigenvalue weighted by Crippen LogP contribution is 2.18. The van der Waals surface area contributed by atoms with E-state index >= 15 is 0 Å². The Kier molecular flexibility index (Phi) is 8.81. The molecular weight excluding hydrogens is 204 g/mol. The maximum absolute atomic E-state index is 5.57. The molecule has 0 aromatic rings. The van der Waals surface area contributed by atoms with Crippen LogP contribution in [-0.2, 0) is 14.2 Å². The summed E-state index contributed by atoms with van der Waals surface area (Å²) in [5, 5.41) is 0. The van der Waals surface area contributed by atoms with E-state index < -0.39 is 5.79 Å². The molecule has 0 aromatic carbocycles. The third kappa shape index (κ3) is 5.85. The van der Waals surface area contributed by atoms with Gasteiger partial charge in [-0.2, -0.15) is 0 Å². The van der Waals surface area contributed by atoms with Gasteiger partial charge in [-0.3, -0.25) is 0 Å². The second kappa shape index (κ2) is 9.33. The Hall–Kier alpha value is -0.900. The Morgan fingerprint density at radius 2 is 1.44 bits per heavy atom. The van der Waals surface area contributed by atoms with Gasteiger partial charge in [0.2, 0.25) is 0 Å². The summed E-state index contributed by atoms with van der Waals surface area (Å²) in [5.74, 6) is -0.842. The van der Waals surface area contributed by atoms with E-state index in [1.165, 1.54) is 0 Å². The Morgan fingerprint density at radius 3 is 1.81 bits per heavy atom. The van der Waals surface area contributed by atoms with Gasteiger partial charge in [-0.05, 0) is 0 Å². The van der Waals surface area contributed by atoms with E-state index in [9.17, 15) is 0 Å². The molecule has 0 fully saturated rings. The lowest BCUT2D eigenvalue weighted by atomic mass is 10.2. The molecule has 0 aliphatic heterocycles. The zero-order valence-electron chi connectivity index (χ0n) is 9.98. The Balaban J connectivity index is 4.31. The fraction of sp³-hybridized carbons (Fsp3) is 0.462. The van der Waals surface area contributed by atoms with Gasteiger partial charge >= 0.3 is 0 Å². The van der Waals surface area contributed by atoms with Crippen molar-refractivity contribution in [2.45, 2.75) is 12.7 Å². The highest BCUT2D eigenvalue weighted by molar-refractivity contribution is 4.86. The molecule has 0 unspecified atom stereocenters. The summed E-state index contributed by atoms with van der Waals surface area (Å²) in [6.45, 7) is 14.2. The highest BCUT2D eigenvalue weighted by atomic mass is 16.7. The lowest BCUT2D eigenvalue weighted by molar-refractivity contribution is -0.228. The minimum atomic E-state index is -0.842. The van der Waals surface area contributed by atoms with Crippen LogP contribution in [0.2, 0.25) is 0 Å². The van der Waals surface area contributed by atoms with Crippen molar-refractivity contribution >= 4 is 0 Å². The molecule has 0 spiro atoms. The summed E-state index contributed by atoms with van der Waals surface area (Å²) in [5.41, 5.74) is 0. The van der Waals surface area contributed by atoms with Crippen LogP contribution >= 0.6 is 0 Å². The molecule has 0 aliphatic rings. The van der Waals surface area contributed by atoms with Gasteiger partial charge in [0.25, 0.3) is 0 Å². The number of rotatable bonds is 11. The molecule has 0 aromatic heterocycles. The molecule has 0 saturated carbocycles. The minimum Gasteiger partial charge on any atom is -0.372 e. The van der Waals surface area contributed by atoms with Crippen molar-refractivity contribution in [2.24, 2.45) is 0 Å². The quantitative estimate of drug-likeness (QED) is 0.307. The van der Waals surface area contributed by atoms with Crippen LogP contribution in [-0.4, -0.2) is 32.2 Å². The minimum absolute atomic E-state index is 0.317. The van der Waals surface area contributed by atoms with Gasteiger partial charge in [0, 0.05) is 6.42 Å². The molecule has 0 atom stereocenters. The first-order chi connectivity index (χ1) is 7.74. The predicted molar refractivity (Wildman–Crippen MR) is 66.0 cm³/mol. The zero-order valence-corrected chi connectivity index (χ0v) is 9.98. The molecule has 0 aliphatic carbocycles. The van der Waals surface area contributed by atoms with Gasteiger partial charge in [0.15, 0.2) is 5.79 Å². The number of hydrogen-bond donors (Lipinski definition) is 0. The maximum atomic E-state index is 5.57. The van der Waals surface area contributed by atoms with Gasteiger partial charge in [-0.25, -0.2) is 0 Å². The predicted octanol–water partition coefficient (Wildman–Crippen LogP) is 2.51. The van der Waals surface area contributed by atoms with Crippen LogP contribution in [0.5, 0.6) is 0 Å². The molecule has 0 heterocycles. The van der Waals surface area contributed by atoms with Crippen LogP contribution in [0.1, 0.15) is 6.92 Å². The van der Waals surface area contributed by atoms with Crippen LogP contribution in [0.4, 0.5) is 0 Å². The molecule has 3 heteroatoms. The molecule has 0 N–H and O–H groups in total. The van der Waals surface area contributed by atoms with Gasteiger partial charge in [0.05, 0.1) is 19.8 Å². The first-order valence-corrected chi connectivity index (χ1v) is 5.23. The van der Waals surface area contributed by atoms with Crippen LogP contribution in [0.15, 0.2) is 38.0 Å². The van der Waals surface area contributed by atoms with E-state index in [1.807, 2.05) is 13.3 Å². The lowest BCUT2D eigenvalue weighted by Crippen LogP contribution is -2.41. The van der Waals surface area contributed by atoms with Crippen molar-refractivity contribution in [3.05, 3.63) is 44.4 Å². The van der Waals surface area contributed by atoms with E-state index in [4.69, 9.17) is 14.2 Å². The fourth-order valence-corrected chi connectivity index (χ4v) is 1.06. The first kappa shape index (κ1) is 15.1. The number of ether oxygens (including phenoxy) is 3. The Bertz CT molecular complexity index is 199. The third-order valence-electron chi connectivity index (χ3n) is 1.87. The Morgan fingerprint density at radius 1 is 0.938 bits per heavy atom. The normalized spacial score (nSPS) is 11.1. The van der Waals surface area contributed by atoms with Crippen LogP contribution in [0, 0.1) is 6.42 Å². The summed E-state index contributed by atoms with van der Waals surface area (Å²) in [4.78, 5) is 0. The van der Waals surface area contributed by atoms with Gasteiger partial charge < -0.3 is 14.2 Å². The van der Waals surface area contributed by atoms with E-state index in [1.54, 1.807) is 18.2 Å². The molecule has 16 heavy (non-hydrogen) atoms. The van der Waals surface area contributed by atoms with Crippen LogP contribution < -0.4 is 0 Å². The second-order valence-electron chi connectivity index (χ2n) is 3.10. The van der Waals surface area contributed by atoms with E-state index in [0.717, 1.165) is 0 Å². The van der Waals surface area contributed by atoms with Crippen molar-refractivity contribution in [1.29, 1.82) is 0 Å². The molecule has 3 nitrogen and oxygen atoms in total. The summed E-state index contributed by atoms with van der Waals surface area (Å²) in [6.07, 6.45) is 6.84. The third-order valence-corrected chi connectivity index (χ3v) is 1.87. The summed E-state index contributed by atoms with van der Waals surface area (Å²) in [7, 11) is 0. The zero-order chi connectivity index (χ0) is 12.3. The second-order valence-corrected chi connectivity index (χ2v) is 3.10. The van der Waals surface area contributed by atoms with Gasteiger partial charge in [-0.15, -0.1) is 19.7 Å². The highest BCUT2D eigenvalue weighted by Gasteiger charge is 2.30. The van der Waals surface area contributed by atoms with E-state index in [2.05, 4.69) is 19.7 Å². The molecule has 91 valence electrons. The standard InChI is InChI=1S/C13H21O3/c1-5-9-14-12-13(8-4,15-10-6-2)16-11-7-3/h5-8H,1-3,9-12H2,4H3. The van der Waals surface area contributed by atoms with Crippen molar-refractivity contribution < 1.29 is 14.2 Å². The first-order valence-electron chi connectivity index (χ1n) is 5.23. The summed E-state index contributed by atoms with van der Waals surface area (Å²) >= 11 is 0. The maximum Gasteiger partial charge on any atom is 0.195 e. The molecule has 1 radical (unpaired) electrons. The summed E-state index contributed by atoms with van der Waals surface area (Å²) in [6, 6.07) is 0. The largest absolute Gasteiger partial charge is 0.372 e. The van der Waals surface area contributed by atoms with E-state index in [0.29, 0.717) is 26.4 Å². The monoisotopic (exact) mass is 225 g/mol. The molecule has 0 bridgehead atoms. The molecule has 0 amide bonds. The van der Waals surface area contributed by atoms with Gasteiger partial charge in [-0.1, -0.05) is 25.2 Å². The Labute approximate surface area is 98.4 Å². The molecular formula is C13H21O3. The van der Waals surface area contributed by atoms with Crippen molar-refractivity contribution in [1.82, 2.24) is 0 Å². The van der Waals surface area contributed by atoms with Crippen molar-refractivity contribution in [2.75, 3.05) is 26.4 Å².